The first-order valence-corrected chi connectivity index (χ1v) is 22.0. The molecule has 0 radical (unpaired) electrons. The van der Waals surface area contributed by atoms with E-state index < -0.39 is 124 Å². The van der Waals surface area contributed by atoms with Crippen LogP contribution in [0, 0.1) is 0 Å². The maximum atomic E-state index is 13.8. The number of phosphoric ester groups is 1. The number of nitrogens with one attached hydrogen (secondary N) is 2. The van der Waals surface area contributed by atoms with Gasteiger partial charge in [0.1, 0.15) is 36.6 Å². The summed E-state index contributed by atoms with van der Waals surface area (Å²) in [5.74, 6) is -0.391. The number of nitrogen functional groups attached to an aromatic ring is 1. The molecule has 13 N–H and O–H groups in total. The highest BCUT2D eigenvalue weighted by molar-refractivity contribution is 7.71. The largest absolute Gasteiger partial charge is 0.490 e. The Labute approximate surface area is 306 Å². The molecule has 12 atom stereocenters. The molecular weight excluding hydrogens is 881 g/mol. The van der Waals surface area contributed by atoms with Crippen molar-refractivity contribution in [3.8, 4) is 0 Å². The molecule has 2 aliphatic heterocycles. The molecule has 2 saturated heterocycles. The van der Waals surface area contributed by atoms with Gasteiger partial charge in [-0.2, -0.15) is 22.2 Å². The van der Waals surface area contributed by atoms with Gasteiger partial charge in [-0.05, 0) is 0 Å². The Bertz CT molecular complexity index is 2380. The van der Waals surface area contributed by atoms with Crippen LogP contribution in [-0.2, 0) is 58.6 Å². The number of rotatable bonds is 16. The number of fused-ring (bicyclic) bond motifs is 1. The summed E-state index contributed by atoms with van der Waals surface area (Å²) in [7, 11) is -31.1. The highest BCUT2D eigenvalue weighted by atomic mass is 31.3. The third kappa shape index (κ3) is 10.5. The monoisotopic (exact) mass is 909 g/mol. The van der Waals surface area contributed by atoms with Crippen LogP contribution in [0.2, 0.25) is 0 Å². The summed E-state index contributed by atoms with van der Waals surface area (Å²) in [5.41, 5.74) is 2.21. The van der Waals surface area contributed by atoms with Gasteiger partial charge in [0.2, 0.25) is 5.95 Å². The van der Waals surface area contributed by atoms with Crippen molar-refractivity contribution in [1.29, 1.82) is 0 Å². The predicted octanol–water partition coefficient (Wildman–Crippen LogP) is -3.91. The second-order valence-electron chi connectivity index (χ2n) is 11.1. The third-order valence-electron chi connectivity index (χ3n) is 7.14. The normalized spacial score (nSPS) is 30.1. The number of nitrogens with two attached hydrogens (primary N) is 1. The molecule has 5 rings (SSSR count). The van der Waals surface area contributed by atoms with Crippen molar-refractivity contribution < 1.29 is 103 Å². The fourth-order valence-corrected chi connectivity index (χ4v) is 11.4. The predicted molar refractivity (Wildman–Crippen MR) is 171 cm³/mol. The van der Waals surface area contributed by atoms with Crippen LogP contribution in [0.25, 0.3) is 11.2 Å². The van der Waals surface area contributed by atoms with Gasteiger partial charge in [0, 0.05) is 12.3 Å². The van der Waals surface area contributed by atoms with E-state index in [1.807, 2.05) is 4.98 Å². The molecule has 0 bridgehead atoms. The number of aliphatic hydroxyl groups is 4. The zero-order chi connectivity index (χ0) is 41.8. The van der Waals surface area contributed by atoms with E-state index in [4.69, 9.17) is 34.0 Å². The van der Waals surface area contributed by atoms with Crippen LogP contribution < -0.4 is 22.5 Å². The van der Waals surface area contributed by atoms with Gasteiger partial charge in [-0.25, -0.2) is 32.6 Å². The van der Waals surface area contributed by atoms with Gasteiger partial charge in [0.25, 0.3) is 11.1 Å². The number of H-pyrrole nitrogens is 2. The SMILES string of the molecule is Nc1nc2c(ncn2[C@@H]2O[C@H](COP(=O)(OC[C@H]3O[C@@H](n4ccc(=O)[nH]c4=O)[C@H](O)[C@@H]3O)OP(=O)(O)OP(=O)(O)OP(=O)(O)OP(=O)(O)O)[C@@H](O)[C@H]2O)c(=O)[nH]1. The molecule has 3 aromatic heterocycles. The van der Waals surface area contributed by atoms with E-state index in [2.05, 4.69) is 32.2 Å². The van der Waals surface area contributed by atoms with Gasteiger partial charge in [-0.15, -0.1) is 0 Å². The minimum Gasteiger partial charge on any atom is -0.387 e. The average molecular weight is 909 g/mol. The van der Waals surface area contributed by atoms with Crippen LogP contribution in [0.15, 0.2) is 33.0 Å². The number of hydrogen-bond donors (Lipinski definition) is 12. The third-order valence-corrected chi connectivity index (χ3v) is 14.7. The molecule has 56 heavy (non-hydrogen) atoms. The molecule has 5 heterocycles. The number of imidazole rings is 1. The smallest absolute Gasteiger partial charge is 0.387 e. The van der Waals surface area contributed by atoms with E-state index in [9.17, 15) is 72.3 Å². The fraction of sp³-hybridized carbons (Fsp3) is 0.526. The number of ether oxygens (including phenoxy) is 2. The summed E-state index contributed by atoms with van der Waals surface area (Å²) < 4.78 is 98.4. The molecule has 2 fully saturated rings. The van der Waals surface area contributed by atoms with Crippen LogP contribution in [0.3, 0.4) is 0 Å². The van der Waals surface area contributed by atoms with Crippen LogP contribution in [0.4, 0.5) is 5.95 Å². The Morgan fingerprint density at radius 2 is 1.23 bits per heavy atom. The van der Waals surface area contributed by atoms with Crippen molar-refractivity contribution >= 4 is 56.2 Å². The summed E-state index contributed by atoms with van der Waals surface area (Å²) in [6, 6.07) is 0.835. The Hall–Kier alpha value is -2.70. The Kier molecular flexibility index (Phi) is 12.8. The number of nitrogens with zero attached hydrogens (tertiary/aromatic N) is 4. The number of phosphoric acid groups is 5. The molecular formula is C19H28N7O25P5. The van der Waals surface area contributed by atoms with E-state index in [0.717, 1.165) is 23.2 Å². The van der Waals surface area contributed by atoms with Crippen molar-refractivity contribution in [2.75, 3.05) is 18.9 Å². The topological polar surface area (TPSA) is 486 Å². The lowest BCUT2D eigenvalue weighted by molar-refractivity contribution is -0.0625. The summed E-state index contributed by atoms with van der Waals surface area (Å²) in [4.78, 5) is 94.1. The average Bonchev–Trinajstić information content (AvgIpc) is 3.66. The molecule has 4 unspecified atom stereocenters. The Balaban J connectivity index is 1.37. The molecule has 0 amide bonds. The van der Waals surface area contributed by atoms with E-state index in [1.165, 1.54) is 0 Å². The van der Waals surface area contributed by atoms with Crippen molar-refractivity contribution in [3.63, 3.8) is 0 Å². The van der Waals surface area contributed by atoms with Crippen LogP contribution >= 0.6 is 39.1 Å². The molecule has 0 saturated carbocycles. The Morgan fingerprint density at radius 1 is 0.732 bits per heavy atom. The highest BCUT2D eigenvalue weighted by Crippen LogP contribution is 2.74. The molecule has 3 aromatic rings. The number of aromatic amines is 2. The van der Waals surface area contributed by atoms with E-state index in [-0.39, 0.29) is 11.2 Å². The quantitative estimate of drug-likeness (QED) is 0.0611. The lowest BCUT2D eigenvalue weighted by Gasteiger charge is -2.24. The Morgan fingerprint density at radius 3 is 1.75 bits per heavy atom. The lowest BCUT2D eigenvalue weighted by Crippen LogP contribution is -2.37. The van der Waals surface area contributed by atoms with Gasteiger partial charge in [0.05, 0.1) is 19.5 Å². The first kappa shape index (κ1) is 44.4. The standard InChI is InChI=1S/C19H28N7O25P5/c20-18-23-14-9(15(32)24-18)21-5-26(14)17-13(31)11(29)7(47-17)4-45-56(43,51-55(41,42)50-54(39,40)49-53(37,38)48-52(34,35)36)44-3-6-10(28)12(30)16(46-6)25-2-1-8(27)22-19(25)33/h1-2,5-7,10-13,16-17,28-31H,3-4H2,(H,37,38)(H,39,40)(H,41,42)(H,22,27,33)(H2,34,35,36)(H3,20,23,24,32)/t6-,7-,10-,11-,12-,13-,16-,17-,56?/m1/s1. The van der Waals surface area contributed by atoms with E-state index in [0.29, 0.717) is 4.57 Å². The molecule has 32 nitrogen and oxygen atoms in total. The summed E-state index contributed by atoms with van der Waals surface area (Å²) in [6.45, 7) is -2.59. The maximum absolute atomic E-state index is 13.8. The second-order valence-corrected chi connectivity index (χ2v) is 19.0. The van der Waals surface area contributed by atoms with Crippen molar-refractivity contribution in [1.82, 2.24) is 29.1 Å². The van der Waals surface area contributed by atoms with Gasteiger partial charge in [0.15, 0.2) is 23.6 Å². The van der Waals surface area contributed by atoms with Gasteiger partial charge >= 0.3 is 44.8 Å². The van der Waals surface area contributed by atoms with E-state index >= 15 is 0 Å². The van der Waals surface area contributed by atoms with E-state index in [1.54, 1.807) is 0 Å². The van der Waals surface area contributed by atoms with Gasteiger partial charge < -0.3 is 60.1 Å². The molecule has 314 valence electrons. The first-order chi connectivity index (χ1) is 25.7. The second kappa shape index (κ2) is 16.2. The zero-order valence-electron chi connectivity index (χ0n) is 26.9. The summed E-state index contributed by atoms with van der Waals surface area (Å²) >= 11 is 0. The molecule has 37 heteroatoms. The minimum absolute atomic E-state index is 0.256. The minimum atomic E-state index is -6.49. The molecule has 2 aliphatic rings. The van der Waals surface area contributed by atoms with Gasteiger partial charge in [-0.3, -0.25) is 37.7 Å². The summed E-state index contributed by atoms with van der Waals surface area (Å²) in [6.07, 6.45) is -13.2. The van der Waals surface area contributed by atoms with Crippen molar-refractivity contribution in [2.45, 2.75) is 49.1 Å². The number of hydrogen-bond acceptors (Lipinski definition) is 23. The lowest BCUT2D eigenvalue weighted by atomic mass is 10.1. The van der Waals surface area contributed by atoms with Crippen LogP contribution in [0.1, 0.15) is 12.5 Å². The molecule has 0 spiro atoms. The number of anilines is 1. The van der Waals surface area contributed by atoms with Crippen molar-refractivity contribution in [3.05, 3.63) is 49.8 Å². The maximum Gasteiger partial charge on any atom is 0.490 e. The number of aliphatic hydroxyl groups excluding tert-OH is 4. The van der Waals surface area contributed by atoms with Crippen molar-refractivity contribution in [2.24, 2.45) is 0 Å². The first-order valence-electron chi connectivity index (χ1n) is 14.5. The van der Waals surface area contributed by atoms with Gasteiger partial charge in [-0.1, -0.05) is 0 Å². The molecule has 0 aliphatic carbocycles. The fourth-order valence-electron chi connectivity index (χ4n) is 4.93. The zero-order valence-corrected chi connectivity index (χ0v) is 31.4. The molecule has 0 aromatic carbocycles. The van der Waals surface area contributed by atoms with Crippen LogP contribution in [-0.4, -0.2) is 124 Å². The number of aromatic nitrogens is 6. The highest BCUT2D eigenvalue weighted by Gasteiger charge is 2.52. The van der Waals surface area contributed by atoms with Crippen LogP contribution in [0.5, 0.6) is 0 Å². The summed E-state index contributed by atoms with van der Waals surface area (Å²) in [5, 5.41) is 42.4.